The lowest BCUT2D eigenvalue weighted by atomic mass is 9.88. The number of carbonyl (C=O) groups excluding carboxylic acids is 3. The average Bonchev–Trinajstić information content (AvgIpc) is 3.40. The van der Waals surface area contributed by atoms with Crippen LogP contribution in [0.3, 0.4) is 0 Å². The third-order valence-electron chi connectivity index (χ3n) is 6.18. The Morgan fingerprint density at radius 1 is 1.19 bits per heavy atom. The number of piperidine rings is 1. The van der Waals surface area contributed by atoms with Gasteiger partial charge in [-0.2, -0.15) is 0 Å². The Morgan fingerprint density at radius 3 is 2.59 bits per heavy atom. The Labute approximate surface area is 197 Å². The van der Waals surface area contributed by atoms with E-state index < -0.39 is 0 Å². The van der Waals surface area contributed by atoms with Crippen LogP contribution in [-0.2, 0) is 22.4 Å². The fourth-order valence-corrected chi connectivity index (χ4v) is 6.54. The molecule has 0 spiro atoms. The highest BCUT2D eigenvalue weighted by atomic mass is 32.1. The molecule has 0 radical (unpaired) electrons. The standard InChI is InChI=1S/C24H30N2O4S2/c1-14(2)30-24(29)20-17-7-6-15(3)13-19(17)32-22(20)25-21(27)16-8-10-26(11-9-16)23(28)18-5-4-12-31-18/h4-5,12,14-16H,6-11,13H2,1-3H3,(H,25,27). The largest absolute Gasteiger partial charge is 0.459 e. The number of likely N-dealkylation sites (tertiary alicyclic amines) is 1. The second-order valence-electron chi connectivity index (χ2n) is 9.04. The van der Waals surface area contributed by atoms with Gasteiger partial charge in [0.1, 0.15) is 5.00 Å². The molecule has 172 valence electrons. The first-order chi connectivity index (χ1) is 15.3. The summed E-state index contributed by atoms with van der Waals surface area (Å²) in [5, 5.41) is 5.58. The Balaban J connectivity index is 1.45. The molecule has 1 fully saturated rings. The third-order valence-corrected chi connectivity index (χ3v) is 8.21. The topological polar surface area (TPSA) is 75.7 Å². The molecule has 6 nitrogen and oxygen atoms in total. The number of amides is 2. The van der Waals surface area contributed by atoms with Crippen molar-refractivity contribution in [2.75, 3.05) is 18.4 Å². The molecule has 1 atom stereocenters. The van der Waals surface area contributed by atoms with Crippen LogP contribution in [0.2, 0.25) is 0 Å². The number of nitrogens with one attached hydrogen (secondary N) is 1. The summed E-state index contributed by atoms with van der Waals surface area (Å²) < 4.78 is 5.50. The van der Waals surface area contributed by atoms with Crippen molar-refractivity contribution in [1.29, 1.82) is 0 Å². The normalized spacial score (nSPS) is 19.0. The Hall–Kier alpha value is -2.19. The summed E-state index contributed by atoms with van der Waals surface area (Å²) in [5.74, 6) is 0.0214. The van der Waals surface area contributed by atoms with Crippen LogP contribution in [0.4, 0.5) is 5.00 Å². The number of hydrogen-bond donors (Lipinski definition) is 1. The van der Waals surface area contributed by atoms with Crippen molar-refractivity contribution in [3.8, 4) is 0 Å². The number of thiophene rings is 2. The molecule has 2 aliphatic rings. The second-order valence-corrected chi connectivity index (χ2v) is 11.1. The van der Waals surface area contributed by atoms with Gasteiger partial charge in [-0.05, 0) is 68.9 Å². The van der Waals surface area contributed by atoms with Gasteiger partial charge in [-0.3, -0.25) is 9.59 Å². The number of carbonyl (C=O) groups is 3. The lowest BCUT2D eigenvalue weighted by molar-refractivity contribution is -0.121. The Bertz CT molecular complexity index is 988. The van der Waals surface area contributed by atoms with Crippen LogP contribution in [0.5, 0.6) is 0 Å². The molecule has 4 rings (SSSR count). The van der Waals surface area contributed by atoms with Crippen molar-refractivity contribution < 1.29 is 19.1 Å². The maximum absolute atomic E-state index is 13.1. The molecule has 2 aromatic rings. The summed E-state index contributed by atoms with van der Waals surface area (Å²) in [5.41, 5.74) is 1.59. The Kier molecular flexibility index (Phi) is 7.00. The van der Waals surface area contributed by atoms with E-state index in [-0.39, 0.29) is 29.8 Å². The van der Waals surface area contributed by atoms with Crippen molar-refractivity contribution >= 4 is 45.5 Å². The van der Waals surface area contributed by atoms with E-state index in [4.69, 9.17) is 4.74 Å². The van der Waals surface area contributed by atoms with Gasteiger partial charge < -0.3 is 15.0 Å². The van der Waals surface area contributed by atoms with Crippen LogP contribution in [0, 0.1) is 11.8 Å². The smallest absolute Gasteiger partial charge is 0.341 e. The van der Waals surface area contributed by atoms with E-state index in [9.17, 15) is 14.4 Å². The minimum Gasteiger partial charge on any atom is -0.459 e. The van der Waals surface area contributed by atoms with E-state index in [2.05, 4.69) is 12.2 Å². The van der Waals surface area contributed by atoms with Gasteiger partial charge >= 0.3 is 5.97 Å². The van der Waals surface area contributed by atoms with Crippen molar-refractivity contribution in [3.05, 3.63) is 38.4 Å². The second kappa shape index (κ2) is 9.75. The van der Waals surface area contributed by atoms with Crippen molar-refractivity contribution in [1.82, 2.24) is 4.90 Å². The molecule has 3 heterocycles. The molecule has 0 aromatic carbocycles. The SMILES string of the molecule is CC1CCc2c(sc(NC(=O)C3CCN(C(=O)c4cccs4)CC3)c2C(=O)OC(C)C)C1. The first-order valence-corrected chi connectivity index (χ1v) is 13.0. The molecule has 8 heteroatoms. The summed E-state index contributed by atoms with van der Waals surface area (Å²) in [6, 6.07) is 3.71. The molecule has 1 N–H and O–H groups in total. The number of rotatable bonds is 5. The van der Waals surface area contributed by atoms with Crippen LogP contribution < -0.4 is 5.32 Å². The molecule has 0 saturated carbocycles. The van der Waals surface area contributed by atoms with E-state index in [1.54, 1.807) is 0 Å². The fourth-order valence-electron chi connectivity index (χ4n) is 4.44. The number of anilines is 1. The predicted molar refractivity (Wildman–Crippen MR) is 128 cm³/mol. The van der Waals surface area contributed by atoms with Crippen LogP contribution >= 0.6 is 22.7 Å². The zero-order chi connectivity index (χ0) is 22.8. The maximum atomic E-state index is 13.1. The van der Waals surface area contributed by atoms with Crippen molar-refractivity contribution in [2.45, 2.75) is 59.0 Å². The Morgan fingerprint density at radius 2 is 1.94 bits per heavy atom. The quantitative estimate of drug-likeness (QED) is 0.620. The van der Waals surface area contributed by atoms with Gasteiger partial charge in [0.25, 0.3) is 5.91 Å². The molecular weight excluding hydrogens is 444 g/mol. The molecule has 2 aromatic heterocycles. The molecule has 1 aliphatic carbocycles. The lowest BCUT2D eigenvalue weighted by Crippen LogP contribution is -2.41. The fraction of sp³-hybridized carbons (Fsp3) is 0.542. The predicted octanol–water partition coefficient (Wildman–Crippen LogP) is 4.99. The van der Waals surface area contributed by atoms with Crippen molar-refractivity contribution in [2.24, 2.45) is 11.8 Å². The minimum atomic E-state index is -0.348. The zero-order valence-electron chi connectivity index (χ0n) is 18.8. The third kappa shape index (κ3) is 4.91. The number of hydrogen-bond acceptors (Lipinski definition) is 6. The van der Waals surface area contributed by atoms with Gasteiger partial charge in [0.15, 0.2) is 0 Å². The number of fused-ring (bicyclic) bond motifs is 1. The molecule has 32 heavy (non-hydrogen) atoms. The van der Waals surface area contributed by atoms with Gasteiger partial charge in [0, 0.05) is 23.9 Å². The maximum Gasteiger partial charge on any atom is 0.341 e. The monoisotopic (exact) mass is 474 g/mol. The van der Waals surface area contributed by atoms with E-state index in [0.29, 0.717) is 42.4 Å². The summed E-state index contributed by atoms with van der Waals surface area (Å²) in [6.45, 7) is 7.02. The van der Waals surface area contributed by atoms with Gasteiger partial charge in [-0.15, -0.1) is 22.7 Å². The number of nitrogens with zero attached hydrogens (tertiary/aromatic N) is 1. The summed E-state index contributed by atoms with van der Waals surface area (Å²) in [4.78, 5) is 42.3. The highest BCUT2D eigenvalue weighted by Gasteiger charge is 2.32. The minimum absolute atomic E-state index is 0.0395. The van der Waals surface area contributed by atoms with E-state index in [1.807, 2.05) is 36.3 Å². The van der Waals surface area contributed by atoms with Crippen molar-refractivity contribution in [3.63, 3.8) is 0 Å². The van der Waals surface area contributed by atoms with Gasteiger partial charge in [-0.1, -0.05) is 13.0 Å². The molecule has 1 unspecified atom stereocenters. The summed E-state index contributed by atoms with van der Waals surface area (Å²) >= 11 is 2.96. The highest BCUT2D eigenvalue weighted by Crippen LogP contribution is 2.40. The summed E-state index contributed by atoms with van der Waals surface area (Å²) in [7, 11) is 0. The van der Waals surface area contributed by atoms with Crippen LogP contribution in [0.1, 0.15) is 70.5 Å². The molecular formula is C24H30N2O4S2. The van der Waals surface area contributed by atoms with E-state index in [0.717, 1.165) is 29.7 Å². The lowest BCUT2D eigenvalue weighted by Gasteiger charge is -2.31. The van der Waals surface area contributed by atoms with Gasteiger partial charge in [-0.25, -0.2) is 4.79 Å². The van der Waals surface area contributed by atoms with Crippen LogP contribution in [0.15, 0.2) is 17.5 Å². The number of esters is 1. The van der Waals surface area contributed by atoms with Crippen LogP contribution in [-0.4, -0.2) is 41.9 Å². The molecule has 2 amide bonds. The van der Waals surface area contributed by atoms with Crippen LogP contribution in [0.25, 0.3) is 0 Å². The first-order valence-electron chi connectivity index (χ1n) is 11.3. The van der Waals surface area contributed by atoms with Gasteiger partial charge in [0.2, 0.25) is 5.91 Å². The summed E-state index contributed by atoms with van der Waals surface area (Å²) in [6.07, 6.45) is 3.84. The molecule has 1 saturated heterocycles. The van der Waals surface area contributed by atoms with E-state index >= 15 is 0 Å². The van der Waals surface area contributed by atoms with Gasteiger partial charge in [0.05, 0.1) is 16.5 Å². The first kappa shape index (κ1) is 23.0. The zero-order valence-corrected chi connectivity index (χ0v) is 20.4. The molecule has 1 aliphatic heterocycles. The average molecular weight is 475 g/mol. The van der Waals surface area contributed by atoms with E-state index in [1.165, 1.54) is 27.6 Å². The number of ether oxygens (including phenoxy) is 1. The highest BCUT2D eigenvalue weighted by molar-refractivity contribution is 7.17. The molecule has 0 bridgehead atoms.